The van der Waals surface area contributed by atoms with E-state index in [0.29, 0.717) is 44.5 Å². The number of benzene rings is 2. The Morgan fingerprint density at radius 1 is 1.17 bits per heavy atom. The normalized spacial score (nSPS) is 16.9. The molecule has 0 saturated heterocycles. The Labute approximate surface area is 175 Å². The molecule has 0 saturated carbocycles. The number of anilines is 2. The number of nitrogens with one attached hydrogen (secondary N) is 1. The van der Waals surface area contributed by atoms with Crippen LogP contribution in [0.3, 0.4) is 0 Å². The maximum Gasteiger partial charge on any atom is 0.272 e. The third-order valence-corrected chi connectivity index (χ3v) is 6.57. The number of aryl methyl sites for hydroxylation is 1. The predicted octanol–water partition coefficient (Wildman–Crippen LogP) is 2.33. The van der Waals surface area contributed by atoms with Gasteiger partial charge in [0.05, 0.1) is 5.57 Å². The smallest absolute Gasteiger partial charge is 0.272 e. The Kier molecular flexibility index (Phi) is 4.29. The number of aromatic nitrogens is 1. The van der Waals surface area contributed by atoms with Gasteiger partial charge in [-0.25, -0.2) is 4.99 Å². The van der Waals surface area contributed by atoms with E-state index in [4.69, 9.17) is 11.6 Å². The summed E-state index contributed by atoms with van der Waals surface area (Å²) in [6.07, 6.45) is 0.980. The Hall–Kier alpha value is -2.90. The maximum atomic E-state index is 13.2. The van der Waals surface area contributed by atoms with Crippen LogP contribution in [0.15, 0.2) is 52.3 Å². The molecule has 0 bridgehead atoms. The lowest BCUT2D eigenvalue weighted by Crippen LogP contribution is -2.43. The molecule has 0 unspecified atom stereocenters. The van der Waals surface area contributed by atoms with Crippen LogP contribution >= 0.6 is 22.9 Å². The third-order valence-electron chi connectivity index (χ3n) is 5.22. The minimum atomic E-state index is -0.287. The number of fused-ring (bicyclic) bond motifs is 2. The average Bonchev–Trinajstić information content (AvgIpc) is 3.23. The number of amides is 1. The van der Waals surface area contributed by atoms with E-state index in [2.05, 4.69) is 41.5 Å². The summed E-state index contributed by atoms with van der Waals surface area (Å²) < 4.78 is 2.02. The van der Waals surface area contributed by atoms with Gasteiger partial charge in [-0.05, 0) is 42.3 Å². The molecule has 0 spiro atoms. The summed E-state index contributed by atoms with van der Waals surface area (Å²) in [5, 5.41) is 3.33. The summed E-state index contributed by atoms with van der Waals surface area (Å²) in [5.41, 5.74) is 3.76. The van der Waals surface area contributed by atoms with Gasteiger partial charge in [0, 0.05) is 22.0 Å². The molecule has 146 valence electrons. The van der Waals surface area contributed by atoms with Crippen molar-refractivity contribution in [3.8, 4) is 0 Å². The lowest BCUT2D eigenvalue weighted by atomic mass is 10.1. The van der Waals surface area contributed by atoms with Crippen molar-refractivity contribution in [2.24, 2.45) is 4.99 Å². The van der Waals surface area contributed by atoms with Gasteiger partial charge in [-0.15, -0.1) is 0 Å². The maximum absolute atomic E-state index is 13.2. The van der Waals surface area contributed by atoms with Crippen LogP contribution in [0.25, 0.3) is 5.57 Å². The van der Waals surface area contributed by atoms with Crippen LogP contribution in [0.2, 0.25) is 5.02 Å². The molecule has 2 aromatic carbocycles. The molecule has 1 N–H and O–H groups in total. The van der Waals surface area contributed by atoms with Gasteiger partial charge >= 0.3 is 0 Å². The summed E-state index contributed by atoms with van der Waals surface area (Å²) >= 11 is 7.37. The van der Waals surface area contributed by atoms with Gasteiger partial charge in [-0.1, -0.05) is 42.0 Å². The minimum absolute atomic E-state index is 0.207. The van der Waals surface area contributed by atoms with Gasteiger partial charge in [-0.2, -0.15) is 0 Å². The second kappa shape index (κ2) is 6.86. The van der Waals surface area contributed by atoms with Gasteiger partial charge < -0.3 is 10.2 Å². The van der Waals surface area contributed by atoms with Crippen molar-refractivity contribution in [3.63, 3.8) is 0 Å². The highest BCUT2D eigenvalue weighted by Gasteiger charge is 2.28. The molecular weight excluding hydrogens is 408 g/mol. The molecule has 8 heteroatoms. The number of carbonyl (C=O) groups excluding carboxylic acids is 1. The SMILES string of the molecule is CCc1ccc(N2CN=c3s/c(=C4\C(=O)Nc5ccc(Cl)cc54)c(=O)n3C2)cc1. The lowest BCUT2D eigenvalue weighted by molar-refractivity contribution is -0.110. The largest absolute Gasteiger partial charge is 0.334 e. The molecule has 0 fully saturated rings. The van der Waals surface area contributed by atoms with E-state index in [0.717, 1.165) is 12.1 Å². The number of nitrogens with zero attached hydrogens (tertiary/aromatic N) is 3. The topological polar surface area (TPSA) is 66.7 Å². The molecule has 3 heterocycles. The molecular formula is C21H17ClN4O2S. The molecule has 29 heavy (non-hydrogen) atoms. The number of rotatable bonds is 2. The highest BCUT2D eigenvalue weighted by Crippen LogP contribution is 2.32. The zero-order valence-corrected chi connectivity index (χ0v) is 17.2. The lowest BCUT2D eigenvalue weighted by Gasteiger charge is -2.25. The van der Waals surface area contributed by atoms with E-state index in [1.54, 1.807) is 22.8 Å². The first-order valence-corrected chi connectivity index (χ1v) is 10.5. The number of hydrogen-bond donors (Lipinski definition) is 1. The second-order valence-corrected chi connectivity index (χ2v) is 8.38. The summed E-state index contributed by atoms with van der Waals surface area (Å²) in [5.74, 6) is -0.287. The Bertz CT molecular complexity index is 1320. The molecule has 1 aromatic heterocycles. The van der Waals surface area contributed by atoms with E-state index >= 15 is 0 Å². The Morgan fingerprint density at radius 2 is 1.97 bits per heavy atom. The number of hydrogen-bond acceptors (Lipinski definition) is 5. The van der Waals surface area contributed by atoms with Gasteiger partial charge in [0.25, 0.3) is 11.5 Å². The molecule has 5 rings (SSSR count). The summed E-state index contributed by atoms with van der Waals surface area (Å²) in [7, 11) is 0. The zero-order valence-electron chi connectivity index (χ0n) is 15.6. The minimum Gasteiger partial charge on any atom is -0.334 e. The van der Waals surface area contributed by atoms with Crippen molar-refractivity contribution < 1.29 is 4.79 Å². The standard InChI is InChI=1S/C21H17ClN4O2S/c1-2-12-3-6-14(7-4-12)25-10-23-21-26(11-25)20(28)18(29-21)17-15-9-13(22)5-8-16(15)24-19(17)27/h3-9H,2,10-11H2,1H3,(H,24,27)/b18-17-. The van der Waals surface area contributed by atoms with Crippen molar-refractivity contribution in [2.45, 2.75) is 20.0 Å². The van der Waals surface area contributed by atoms with Crippen molar-refractivity contribution in [3.05, 3.63) is 78.3 Å². The van der Waals surface area contributed by atoms with Crippen molar-refractivity contribution >= 4 is 45.8 Å². The first kappa shape index (κ1) is 18.1. The monoisotopic (exact) mass is 424 g/mol. The van der Waals surface area contributed by atoms with Crippen LogP contribution < -0.4 is 25.1 Å². The zero-order chi connectivity index (χ0) is 20.1. The van der Waals surface area contributed by atoms with Crippen LogP contribution in [0.5, 0.6) is 0 Å². The molecule has 0 aliphatic carbocycles. The van der Waals surface area contributed by atoms with Crippen LogP contribution in [0, 0.1) is 0 Å². The first-order valence-electron chi connectivity index (χ1n) is 9.28. The van der Waals surface area contributed by atoms with Crippen LogP contribution in [-0.2, 0) is 17.9 Å². The van der Waals surface area contributed by atoms with Crippen LogP contribution in [-0.4, -0.2) is 17.1 Å². The molecule has 2 aliphatic heterocycles. The molecule has 3 aromatic rings. The Morgan fingerprint density at radius 3 is 2.72 bits per heavy atom. The van der Waals surface area contributed by atoms with Gasteiger partial charge in [0.15, 0.2) is 4.80 Å². The summed E-state index contributed by atoms with van der Waals surface area (Å²) in [6.45, 7) is 2.98. The molecule has 1 amide bonds. The van der Waals surface area contributed by atoms with E-state index < -0.39 is 0 Å². The molecule has 0 atom stereocenters. The first-order chi connectivity index (χ1) is 14.0. The van der Waals surface area contributed by atoms with Crippen molar-refractivity contribution in [1.82, 2.24) is 4.57 Å². The van der Waals surface area contributed by atoms with Gasteiger partial charge in [0.1, 0.15) is 17.9 Å². The fourth-order valence-corrected chi connectivity index (χ4v) is 4.86. The Balaban J connectivity index is 1.61. The second-order valence-electron chi connectivity index (χ2n) is 6.97. The van der Waals surface area contributed by atoms with E-state index in [1.807, 2.05) is 4.90 Å². The predicted molar refractivity (Wildman–Crippen MR) is 115 cm³/mol. The third kappa shape index (κ3) is 2.97. The number of halogens is 1. The van der Waals surface area contributed by atoms with E-state index in [-0.39, 0.29) is 11.5 Å². The van der Waals surface area contributed by atoms with Crippen molar-refractivity contribution in [1.29, 1.82) is 0 Å². The van der Waals surface area contributed by atoms with E-state index in [9.17, 15) is 9.59 Å². The quantitative estimate of drug-likeness (QED) is 0.686. The molecule has 6 nitrogen and oxygen atoms in total. The molecule has 2 aliphatic rings. The summed E-state index contributed by atoms with van der Waals surface area (Å²) in [6, 6.07) is 13.5. The molecule has 0 radical (unpaired) electrons. The van der Waals surface area contributed by atoms with Crippen molar-refractivity contribution in [2.75, 3.05) is 16.9 Å². The van der Waals surface area contributed by atoms with Crippen LogP contribution in [0.4, 0.5) is 11.4 Å². The summed E-state index contributed by atoms with van der Waals surface area (Å²) in [4.78, 5) is 33.0. The van der Waals surface area contributed by atoms with Crippen LogP contribution in [0.1, 0.15) is 18.1 Å². The highest BCUT2D eigenvalue weighted by molar-refractivity contribution is 7.07. The van der Waals surface area contributed by atoms with E-state index in [1.165, 1.54) is 16.9 Å². The fourth-order valence-electron chi connectivity index (χ4n) is 3.63. The van der Waals surface area contributed by atoms with Gasteiger partial charge in [-0.3, -0.25) is 14.2 Å². The number of thiazole rings is 1. The number of carbonyl (C=O) groups is 1. The highest BCUT2D eigenvalue weighted by atomic mass is 35.5. The van der Waals surface area contributed by atoms with Gasteiger partial charge in [0.2, 0.25) is 0 Å². The average molecular weight is 425 g/mol. The fraction of sp³-hybridized carbons (Fsp3) is 0.190.